The molecule has 2 rings (SSSR count). The standard InChI is InChI=1S/C14H18ClNO2/c1-14(2)10(9-13(17)18)7-8-16(14)12-5-3-11(15)4-6-12/h3-6,10H,7-9H2,1-2H3,(H,17,18). The van der Waals surface area contributed by atoms with Crippen LogP contribution in [0.4, 0.5) is 5.69 Å². The normalized spacial score (nSPS) is 22.2. The molecule has 1 aromatic rings. The lowest BCUT2D eigenvalue weighted by Crippen LogP contribution is -2.43. The zero-order valence-corrected chi connectivity index (χ0v) is 11.4. The summed E-state index contributed by atoms with van der Waals surface area (Å²) in [6, 6.07) is 7.73. The van der Waals surface area contributed by atoms with E-state index in [2.05, 4.69) is 18.7 Å². The summed E-state index contributed by atoms with van der Waals surface area (Å²) in [4.78, 5) is 13.2. The fraction of sp³-hybridized carbons (Fsp3) is 0.500. The van der Waals surface area contributed by atoms with Crippen molar-refractivity contribution in [3.8, 4) is 0 Å². The molecule has 0 bridgehead atoms. The van der Waals surface area contributed by atoms with Gasteiger partial charge in [-0.15, -0.1) is 0 Å². The molecule has 0 radical (unpaired) electrons. The second-order valence-electron chi connectivity index (χ2n) is 5.37. The molecular formula is C14H18ClNO2. The maximum Gasteiger partial charge on any atom is 0.303 e. The van der Waals surface area contributed by atoms with Crippen LogP contribution in [0.15, 0.2) is 24.3 Å². The van der Waals surface area contributed by atoms with Crippen molar-refractivity contribution in [2.75, 3.05) is 11.4 Å². The number of carbonyl (C=O) groups is 1. The molecule has 1 N–H and O–H groups in total. The van der Waals surface area contributed by atoms with Gasteiger partial charge in [-0.1, -0.05) is 11.6 Å². The smallest absolute Gasteiger partial charge is 0.303 e. The highest BCUT2D eigenvalue weighted by molar-refractivity contribution is 6.30. The Morgan fingerprint density at radius 1 is 1.44 bits per heavy atom. The van der Waals surface area contributed by atoms with E-state index in [1.54, 1.807) is 0 Å². The third-order valence-corrected chi connectivity index (χ3v) is 4.21. The highest BCUT2D eigenvalue weighted by Gasteiger charge is 2.42. The summed E-state index contributed by atoms with van der Waals surface area (Å²) < 4.78 is 0. The predicted octanol–water partition coefficient (Wildman–Crippen LogP) is 3.42. The maximum absolute atomic E-state index is 10.9. The molecule has 1 atom stereocenters. The zero-order valence-electron chi connectivity index (χ0n) is 10.7. The second-order valence-corrected chi connectivity index (χ2v) is 5.80. The van der Waals surface area contributed by atoms with E-state index in [0.717, 1.165) is 23.7 Å². The largest absolute Gasteiger partial charge is 0.481 e. The Labute approximate surface area is 112 Å². The predicted molar refractivity (Wildman–Crippen MR) is 73.2 cm³/mol. The highest BCUT2D eigenvalue weighted by Crippen LogP contribution is 2.40. The molecule has 0 saturated carbocycles. The van der Waals surface area contributed by atoms with Crippen molar-refractivity contribution in [3.63, 3.8) is 0 Å². The van der Waals surface area contributed by atoms with Gasteiger partial charge in [0.15, 0.2) is 0 Å². The lowest BCUT2D eigenvalue weighted by Gasteiger charge is -2.37. The van der Waals surface area contributed by atoms with Gasteiger partial charge in [0.25, 0.3) is 0 Å². The molecule has 1 fully saturated rings. The van der Waals surface area contributed by atoms with E-state index in [0.29, 0.717) is 0 Å². The Balaban J connectivity index is 2.20. The molecule has 1 aromatic carbocycles. The van der Waals surface area contributed by atoms with Gasteiger partial charge in [0, 0.05) is 22.8 Å². The lowest BCUT2D eigenvalue weighted by atomic mass is 9.85. The Morgan fingerprint density at radius 2 is 2.06 bits per heavy atom. The van der Waals surface area contributed by atoms with Crippen LogP contribution in [0.25, 0.3) is 0 Å². The summed E-state index contributed by atoms with van der Waals surface area (Å²) in [5.74, 6) is -0.531. The van der Waals surface area contributed by atoms with Crippen LogP contribution in [0, 0.1) is 5.92 Å². The molecule has 1 unspecified atom stereocenters. The molecule has 0 aromatic heterocycles. The number of aliphatic carboxylic acids is 1. The van der Waals surface area contributed by atoms with Crippen molar-refractivity contribution >= 4 is 23.3 Å². The van der Waals surface area contributed by atoms with Crippen molar-refractivity contribution < 1.29 is 9.90 Å². The maximum atomic E-state index is 10.9. The fourth-order valence-corrected chi connectivity index (χ4v) is 2.92. The van der Waals surface area contributed by atoms with Crippen molar-refractivity contribution in [1.29, 1.82) is 0 Å². The van der Waals surface area contributed by atoms with E-state index < -0.39 is 5.97 Å². The molecule has 0 aliphatic carbocycles. The first-order chi connectivity index (χ1) is 8.41. The quantitative estimate of drug-likeness (QED) is 0.912. The average Bonchev–Trinajstić information content (AvgIpc) is 2.56. The Morgan fingerprint density at radius 3 is 2.61 bits per heavy atom. The average molecular weight is 268 g/mol. The Bertz CT molecular complexity index is 442. The summed E-state index contributed by atoms with van der Waals surface area (Å²) in [6.07, 6.45) is 1.15. The molecular weight excluding hydrogens is 250 g/mol. The van der Waals surface area contributed by atoms with Gasteiger partial charge in [-0.25, -0.2) is 0 Å². The van der Waals surface area contributed by atoms with Crippen molar-refractivity contribution in [1.82, 2.24) is 0 Å². The first-order valence-electron chi connectivity index (χ1n) is 6.16. The number of benzene rings is 1. The van der Waals surface area contributed by atoms with Crippen LogP contribution in [0.2, 0.25) is 5.02 Å². The number of nitrogens with zero attached hydrogens (tertiary/aromatic N) is 1. The Kier molecular flexibility index (Phi) is 3.53. The van der Waals surface area contributed by atoms with E-state index in [4.69, 9.17) is 16.7 Å². The van der Waals surface area contributed by atoms with Crippen molar-refractivity contribution in [2.24, 2.45) is 5.92 Å². The highest BCUT2D eigenvalue weighted by atomic mass is 35.5. The van der Waals surface area contributed by atoms with E-state index >= 15 is 0 Å². The minimum absolute atomic E-state index is 0.133. The van der Waals surface area contributed by atoms with E-state index in [1.165, 1.54) is 0 Å². The molecule has 3 nitrogen and oxygen atoms in total. The van der Waals surface area contributed by atoms with Gasteiger partial charge >= 0.3 is 5.97 Å². The van der Waals surface area contributed by atoms with Crippen molar-refractivity contribution in [2.45, 2.75) is 32.2 Å². The van der Waals surface area contributed by atoms with Crippen LogP contribution >= 0.6 is 11.6 Å². The van der Waals surface area contributed by atoms with Crippen LogP contribution in [-0.2, 0) is 4.79 Å². The van der Waals surface area contributed by atoms with Gasteiger partial charge < -0.3 is 10.0 Å². The summed E-state index contributed by atoms with van der Waals surface area (Å²) >= 11 is 5.89. The fourth-order valence-electron chi connectivity index (χ4n) is 2.79. The minimum Gasteiger partial charge on any atom is -0.481 e. The monoisotopic (exact) mass is 267 g/mol. The van der Waals surface area contributed by atoms with Crippen LogP contribution < -0.4 is 4.90 Å². The first kappa shape index (κ1) is 13.2. The number of rotatable bonds is 3. The van der Waals surface area contributed by atoms with Gasteiger partial charge in [-0.05, 0) is 50.5 Å². The number of hydrogen-bond acceptors (Lipinski definition) is 2. The molecule has 1 aliphatic heterocycles. The minimum atomic E-state index is -0.717. The Hall–Kier alpha value is -1.22. The zero-order chi connectivity index (χ0) is 13.3. The van der Waals surface area contributed by atoms with Gasteiger partial charge in [0.05, 0.1) is 6.42 Å². The summed E-state index contributed by atoms with van der Waals surface area (Å²) in [5, 5.41) is 9.68. The third kappa shape index (κ3) is 2.46. The van der Waals surface area contributed by atoms with Gasteiger partial charge in [-0.2, -0.15) is 0 Å². The molecule has 0 amide bonds. The molecule has 1 aliphatic rings. The van der Waals surface area contributed by atoms with Gasteiger partial charge in [0.2, 0.25) is 0 Å². The van der Waals surface area contributed by atoms with Crippen molar-refractivity contribution in [3.05, 3.63) is 29.3 Å². The van der Waals surface area contributed by atoms with Crippen LogP contribution in [0.5, 0.6) is 0 Å². The van der Waals surface area contributed by atoms with Gasteiger partial charge in [-0.3, -0.25) is 4.79 Å². The van der Waals surface area contributed by atoms with E-state index in [9.17, 15) is 4.79 Å². The molecule has 1 saturated heterocycles. The van der Waals surface area contributed by atoms with E-state index in [1.807, 2.05) is 24.3 Å². The second kappa shape index (κ2) is 4.81. The number of halogens is 1. The number of carboxylic acids is 1. The molecule has 0 spiro atoms. The van der Waals surface area contributed by atoms with E-state index in [-0.39, 0.29) is 17.9 Å². The first-order valence-corrected chi connectivity index (χ1v) is 6.54. The van der Waals surface area contributed by atoms with Gasteiger partial charge in [0.1, 0.15) is 0 Å². The number of anilines is 1. The molecule has 4 heteroatoms. The van der Waals surface area contributed by atoms with Crippen LogP contribution in [-0.4, -0.2) is 23.2 Å². The number of hydrogen-bond donors (Lipinski definition) is 1. The summed E-state index contributed by atoms with van der Waals surface area (Å²) in [5.41, 5.74) is 0.976. The molecule has 18 heavy (non-hydrogen) atoms. The lowest BCUT2D eigenvalue weighted by molar-refractivity contribution is -0.138. The molecule has 98 valence electrons. The summed E-state index contributed by atoms with van der Waals surface area (Å²) in [7, 11) is 0. The SMILES string of the molecule is CC1(C)C(CC(=O)O)CCN1c1ccc(Cl)cc1. The number of carboxylic acid groups (broad SMARTS) is 1. The van der Waals surface area contributed by atoms with Crippen LogP contribution in [0.1, 0.15) is 26.7 Å². The van der Waals surface area contributed by atoms with Crippen LogP contribution in [0.3, 0.4) is 0 Å². The summed E-state index contributed by atoms with van der Waals surface area (Å²) in [6.45, 7) is 5.12. The third-order valence-electron chi connectivity index (χ3n) is 3.96. The topological polar surface area (TPSA) is 40.5 Å². The molecule has 1 heterocycles.